The van der Waals surface area contributed by atoms with E-state index >= 15 is 0 Å². The van der Waals surface area contributed by atoms with Crippen LogP contribution in [0.25, 0.3) is 0 Å². The van der Waals surface area contributed by atoms with Gasteiger partial charge in [-0.2, -0.15) is 0 Å². The second-order valence-corrected chi connectivity index (χ2v) is 7.98. The van der Waals surface area contributed by atoms with Crippen LogP contribution in [0.4, 0.5) is 0 Å². The molecular formula is C22H29NO4S. The molecule has 0 saturated heterocycles. The average molecular weight is 404 g/mol. The molecule has 0 heterocycles. The largest absolute Gasteiger partial charge is 0.493 e. The molecule has 0 aromatic heterocycles. The van der Waals surface area contributed by atoms with Crippen LogP contribution in [0.1, 0.15) is 31.7 Å². The predicted octanol–water partition coefficient (Wildman–Crippen LogP) is 4.72. The predicted molar refractivity (Wildman–Crippen MR) is 112 cm³/mol. The van der Waals surface area contributed by atoms with Gasteiger partial charge < -0.3 is 9.47 Å². The molecule has 1 amide bonds. The number of carbonyl (C=O) groups excluding carboxylic acids is 1. The fourth-order valence-electron chi connectivity index (χ4n) is 3.07. The Labute approximate surface area is 171 Å². The van der Waals surface area contributed by atoms with Crippen LogP contribution in [0.15, 0.2) is 53.4 Å². The van der Waals surface area contributed by atoms with E-state index < -0.39 is 0 Å². The minimum absolute atomic E-state index is 0.0426. The highest BCUT2D eigenvalue weighted by molar-refractivity contribution is 8.00. The van der Waals surface area contributed by atoms with Crippen molar-refractivity contribution in [3.63, 3.8) is 0 Å². The Morgan fingerprint density at radius 3 is 2.43 bits per heavy atom. The highest BCUT2D eigenvalue weighted by Crippen LogP contribution is 2.37. The molecule has 5 nitrogen and oxygen atoms in total. The quantitative estimate of drug-likeness (QED) is 0.246. The van der Waals surface area contributed by atoms with E-state index in [1.165, 1.54) is 5.56 Å². The molecule has 0 spiro atoms. The van der Waals surface area contributed by atoms with E-state index in [4.69, 9.17) is 14.7 Å². The Morgan fingerprint density at radius 2 is 1.79 bits per heavy atom. The van der Waals surface area contributed by atoms with Gasteiger partial charge in [0, 0.05) is 16.1 Å². The van der Waals surface area contributed by atoms with Crippen LogP contribution in [-0.2, 0) is 11.2 Å². The van der Waals surface area contributed by atoms with Crippen LogP contribution in [0.2, 0.25) is 0 Å². The number of hydrogen-bond donors (Lipinski definition) is 2. The van der Waals surface area contributed by atoms with Gasteiger partial charge in [-0.25, -0.2) is 5.48 Å². The van der Waals surface area contributed by atoms with Crippen LogP contribution >= 0.6 is 11.8 Å². The van der Waals surface area contributed by atoms with Gasteiger partial charge in [0.1, 0.15) is 0 Å². The van der Waals surface area contributed by atoms with E-state index in [2.05, 4.69) is 24.3 Å². The third-order valence-corrected chi connectivity index (χ3v) is 6.24. The van der Waals surface area contributed by atoms with E-state index in [0.29, 0.717) is 11.5 Å². The highest BCUT2D eigenvalue weighted by Gasteiger charge is 2.25. The molecular weight excluding hydrogens is 374 g/mol. The second-order valence-electron chi connectivity index (χ2n) is 6.67. The van der Waals surface area contributed by atoms with Gasteiger partial charge >= 0.3 is 0 Å². The van der Waals surface area contributed by atoms with Gasteiger partial charge in [0.15, 0.2) is 11.5 Å². The summed E-state index contributed by atoms with van der Waals surface area (Å²) in [4.78, 5) is 13.0. The zero-order chi connectivity index (χ0) is 20.4. The fourth-order valence-corrected chi connectivity index (χ4v) is 4.35. The topological polar surface area (TPSA) is 67.8 Å². The summed E-state index contributed by atoms with van der Waals surface area (Å²) in [7, 11) is 3.21. The maximum Gasteiger partial charge on any atom is 0.247 e. The first-order valence-electron chi connectivity index (χ1n) is 9.45. The second kappa shape index (κ2) is 11.6. The number of aryl methyl sites for hydroxylation is 1. The number of carbonyl (C=O) groups is 1. The maximum atomic E-state index is 12.0. The van der Waals surface area contributed by atoms with Crippen molar-refractivity contribution in [3.8, 4) is 11.5 Å². The Bertz CT molecular complexity index is 739. The molecule has 2 rings (SSSR count). The average Bonchev–Trinajstić information content (AvgIpc) is 2.75. The summed E-state index contributed by atoms with van der Waals surface area (Å²) < 4.78 is 10.7. The number of thioether (sulfide) groups is 1. The van der Waals surface area contributed by atoms with Gasteiger partial charge in [0.2, 0.25) is 5.91 Å². The normalized spacial score (nSPS) is 12.9. The van der Waals surface area contributed by atoms with Crippen molar-refractivity contribution in [2.75, 3.05) is 14.2 Å². The van der Waals surface area contributed by atoms with Crippen molar-refractivity contribution < 1.29 is 19.5 Å². The maximum absolute atomic E-state index is 12.0. The molecule has 2 N–H and O–H groups in total. The molecule has 0 unspecified atom stereocenters. The summed E-state index contributed by atoms with van der Waals surface area (Å²) in [6, 6.07) is 16.2. The molecule has 0 aliphatic heterocycles. The number of unbranched alkanes of at least 4 members (excludes halogenated alkanes) is 1. The summed E-state index contributed by atoms with van der Waals surface area (Å²) in [6.45, 7) is 1.85. The summed E-state index contributed by atoms with van der Waals surface area (Å²) >= 11 is 1.63. The van der Waals surface area contributed by atoms with Crippen molar-refractivity contribution in [2.45, 2.75) is 42.8 Å². The lowest BCUT2D eigenvalue weighted by atomic mass is 10.00. The SMILES string of the molecule is COc1ccc(S[C@@H](CCCCc2ccccc2)[C@H](C)C(=O)NO)cc1OC. The summed E-state index contributed by atoms with van der Waals surface area (Å²) in [5.74, 6) is 0.655. The molecule has 0 aliphatic carbocycles. The minimum atomic E-state index is -0.360. The first kappa shape index (κ1) is 22.1. The van der Waals surface area contributed by atoms with Crippen LogP contribution < -0.4 is 15.0 Å². The van der Waals surface area contributed by atoms with Gasteiger partial charge in [-0.3, -0.25) is 10.0 Å². The number of hydrogen-bond acceptors (Lipinski definition) is 5. The number of hydroxylamine groups is 1. The van der Waals surface area contributed by atoms with Crippen LogP contribution in [0.5, 0.6) is 11.5 Å². The van der Waals surface area contributed by atoms with Gasteiger partial charge in [-0.15, -0.1) is 11.8 Å². The molecule has 6 heteroatoms. The lowest BCUT2D eigenvalue weighted by Crippen LogP contribution is -2.32. The van der Waals surface area contributed by atoms with Gasteiger partial charge in [0.05, 0.1) is 14.2 Å². The Kier molecular flexibility index (Phi) is 9.17. The Hall–Kier alpha value is -2.18. The zero-order valence-corrected chi connectivity index (χ0v) is 17.5. The number of benzene rings is 2. The lowest BCUT2D eigenvalue weighted by Gasteiger charge is -2.22. The third-order valence-electron chi connectivity index (χ3n) is 4.77. The van der Waals surface area contributed by atoms with Crippen LogP contribution in [-0.4, -0.2) is 30.6 Å². The third kappa shape index (κ3) is 6.46. The molecule has 0 aliphatic rings. The molecule has 28 heavy (non-hydrogen) atoms. The molecule has 2 atom stereocenters. The zero-order valence-electron chi connectivity index (χ0n) is 16.7. The smallest absolute Gasteiger partial charge is 0.247 e. The van der Waals surface area contributed by atoms with Crippen molar-refractivity contribution in [3.05, 3.63) is 54.1 Å². The van der Waals surface area contributed by atoms with Gasteiger partial charge in [-0.1, -0.05) is 43.7 Å². The molecule has 0 fully saturated rings. The van der Waals surface area contributed by atoms with Gasteiger partial charge in [-0.05, 0) is 43.0 Å². The summed E-state index contributed by atoms with van der Waals surface area (Å²) in [5.41, 5.74) is 3.12. The number of nitrogens with one attached hydrogen (secondary N) is 1. The molecule has 0 radical (unpaired) electrons. The van der Waals surface area contributed by atoms with E-state index in [0.717, 1.165) is 30.6 Å². The van der Waals surface area contributed by atoms with E-state index in [1.54, 1.807) is 31.5 Å². The minimum Gasteiger partial charge on any atom is -0.493 e. The van der Waals surface area contributed by atoms with Crippen LogP contribution in [0.3, 0.4) is 0 Å². The Morgan fingerprint density at radius 1 is 1.07 bits per heavy atom. The first-order valence-corrected chi connectivity index (χ1v) is 10.3. The number of rotatable bonds is 11. The van der Waals surface area contributed by atoms with E-state index in [1.807, 2.05) is 31.2 Å². The molecule has 2 aromatic carbocycles. The first-order chi connectivity index (χ1) is 13.6. The lowest BCUT2D eigenvalue weighted by molar-refractivity contribution is -0.132. The van der Waals surface area contributed by atoms with Crippen molar-refractivity contribution in [2.24, 2.45) is 5.92 Å². The van der Waals surface area contributed by atoms with Crippen molar-refractivity contribution in [1.82, 2.24) is 5.48 Å². The number of amides is 1. The van der Waals surface area contributed by atoms with Gasteiger partial charge in [0.25, 0.3) is 0 Å². The molecule has 2 aromatic rings. The fraction of sp³-hybridized carbons (Fsp3) is 0.409. The van der Waals surface area contributed by atoms with E-state index in [9.17, 15) is 4.79 Å². The summed E-state index contributed by atoms with van der Waals surface area (Å²) in [5, 5.41) is 9.09. The van der Waals surface area contributed by atoms with Crippen molar-refractivity contribution >= 4 is 17.7 Å². The molecule has 0 saturated carbocycles. The standard InChI is InChI=1S/C22H29NO4S/c1-16(22(24)23-25)21(12-8-7-11-17-9-5-4-6-10-17)28-18-13-14-19(26-2)20(15-18)27-3/h4-6,9-10,13-16,21,25H,7-8,11-12H2,1-3H3,(H,23,24)/t16-,21-/m0/s1. The van der Waals surface area contributed by atoms with E-state index in [-0.39, 0.29) is 17.1 Å². The van der Waals surface area contributed by atoms with Crippen LogP contribution in [0, 0.1) is 5.92 Å². The summed E-state index contributed by atoms with van der Waals surface area (Å²) in [6.07, 6.45) is 3.96. The number of ether oxygens (including phenoxy) is 2. The molecule has 0 bridgehead atoms. The molecule has 152 valence electrons. The number of methoxy groups -OCH3 is 2. The highest BCUT2D eigenvalue weighted by atomic mass is 32.2. The Balaban J connectivity index is 2.01. The van der Waals surface area contributed by atoms with Crippen molar-refractivity contribution in [1.29, 1.82) is 0 Å². The monoisotopic (exact) mass is 403 g/mol.